The van der Waals surface area contributed by atoms with E-state index >= 15 is 0 Å². The van der Waals surface area contributed by atoms with Crippen LogP contribution in [0.3, 0.4) is 0 Å². The first-order valence-corrected chi connectivity index (χ1v) is 7.51. The largest absolute Gasteiger partial charge is 0.444 e. The molecule has 0 radical (unpaired) electrons. The van der Waals surface area contributed by atoms with Gasteiger partial charge in [0, 0.05) is 10.9 Å². The molecule has 2 saturated heterocycles. The molecule has 1 atom stereocenters. The Kier molecular flexibility index (Phi) is 4.13. The first-order chi connectivity index (χ1) is 9.74. The number of benzene rings is 1. The summed E-state index contributed by atoms with van der Waals surface area (Å²) in [6.45, 7) is 3.24. The number of rotatable bonds is 3. The second-order valence-corrected chi connectivity index (χ2v) is 5.89. The van der Waals surface area contributed by atoms with Gasteiger partial charge in [-0.05, 0) is 37.6 Å². The van der Waals surface area contributed by atoms with E-state index in [1.165, 1.54) is 0 Å². The lowest BCUT2D eigenvalue weighted by molar-refractivity contribution is 0.0905. The molecule has 0 aliphatic carbocycles. The number of hydrogen-bond acceptors (Lipinski definition) is 3. The van der Waals surface area contributed by atoms with Gasteiger partial charge in [0.2, 0.25) is 0 Å². The lowest BCUT2D eigenvalue weighted by Gasteiger charge is -2.26. The number of cyclic esters (lactones) is 1. The predicted octanol–water partition coefficient (Wildman–Crippen LogP) is 2.66. The number of amides is 1. The van der Waals surface area contributed by atoms with Gasteiger partial charge < -0.3 is 15.0 Å². The van der Waals surface area contributed by atoms with E-state index in [0.29, 0.717) is 24.0 Å². The van der Waals surface area contributed by atoms with Crippen LogP contribution in [0.4, 0.5) is 4.79 Å². The molecule has 2 aliphatic heterocycles. The summed E-state index contributed by atoms with van der Waals surface area (Å²) in [5, 5.41) is 4.04. The van der Waals surface area contributed by atoms with Gasteiger partial charge in [0.15, 0.2) is 0 Å². The maximum atomic E-state index is 12.0. The SMILES string of the molecule is O=C1OC(C2CCNCC2)CN1Cc1ccccc1Cl. The van der Waals surface area contributed by atoms with E-state index in [0.717, 1.165) is 31.5 Å². The van der Waals surface area contributed by atoms with Crippen molar-refractivity contribution in [3.63, 3.8) is 0 Å². The molecule has 3 rings (SSSR count). The first-order valence-electron chi connectivity index (χ1n) is 7.14. The van der Waals surface area contributed by atoms with Crippen LogP contribution in [0.2, 0.25) is 5.02 Å². The highest BCUT2D eigenvalue weighted by Crippen LogP contribution is 2.27. The molecular weight excluding hydrogens is 276 g/mol. The Bertz CT molecular complexity index is 489. The third kappa shape index (κ3) is 2.91. The Morgan fingerprint density at radius 1 is 1.30 bits per heavy atom. The van der Waals surface area contributed by atoms with Crippen molar-refractivity contribution in [3.05, 3.63) is 34.9 Å². The molecule has 0 saturated carbocycles. The Labute approximate surface area is 124 Å². The second kappa shape index (κ2) is 6.02. The van der Waals surface area contributed by atoms with Gasteiger partial charge in [0.1, 0.15) is 6.10 Å². The summed E-state index contributed by atoms with van der Waals surface area (Å²) in [7, 11) is 0. The Hall–Kier alpha value is -1.26. The number of hydrogen-bond donors (Lipinski definition) is 1. The Morgan fingerprint density at radius 2 is 2.05 bits per heavy atom. The number of ether oxygens (including phenoxy) is 1. The Morgan fingerprint density at radius 3 is 2.80 bits per heavy atom. The van der Waals surface area contributed by atoms with Crippen LogP contribution in [0.1, 0.15) is 18.4 Å². The summed E-state index contributed by atoms with van der Waals surface area (Å²) in [4.78, 5) is 13.7. The molecule has 0 aromatic heterocycles. The molecule has 5 heteroatoms. The minimum Gasteiger partial charge on any atom is -0.444 e. The van der Waals surface area contributed by atoms with Gasteiger partial charge in [0.05, 0.1) is 13.1 Å². The fourth-order valence-electron chi connectivity index (χ4n) is 2.96. The number of carbonyl (C=O) groups is 1. The maximum Gasteiger partial charge on any atom is 0.410 e. The van der Waals surface area contributed by atoms with Crippen molar-refractivity contribution in [1.29, 1.82) is 0 Å². The number of nitrogens with one attached hydrogen (secondary N) is 1. The fraction of sp³-hybridized carbons (Fsp3) is 0.533. The molecule has 2 fully saturated rings. The number of nitrogens with zero attached hydrogens (tertiary/aromatic N) is 1. The summed E-state index contributed by atoms with van der Waals surface area (Å²) in [5.41, 5.74) is 0.970. The molecule has 0 bridgehead atoms. The van der Waals surface area contributed by atoms with Gasteiger partial charge in [-0.1, -0.05) is 29.8 Å². The molecule has 2 heterocycles. The molecule has 20 heavy (non-hydrogen) atoms. The van der Waals surface area contributed by atoms with Gasteiger partial charge in [0.25, 0.3) is 0 Å². The molecule has 1 aromatic rings. The van der Waals surface area contributed by atoms with Crippen LogP contribution in [0, 0.1) is 5.92 Å². The zero-order valence-electron chi connectivity index (χ0n) is 11.3. The van der Waals surface area contributed by atoms with Crippen molar-refractivity contribution >= 4 is 17.7 Å². The van der Waals surface area contributed by atoms with Crippen LogP contribution >= 0.6 is 11.6 Å². The van der Waals surface area contributed by atoms with E-state index in [2.05, 4.69) is 5.32 Å². The number of halogens is 1. The van der Waals surface area contributed by atoms with Gasteiger partial charge in [-0.15, -0.1) is 0 Å². The standard InChI is InChI=1S/C15H19ClN2O2/c16-13-4-2-1-3-12(13)9-18-10-14(20-15(18)19)11-5-7-17-8-6-11/h1-4,11,14,17H,5-10H2. The summed E-state index contributed by atoms with van der Waals surface area (Å²) >= 11 is 6.15. The van der Waals surface area contributed by atoms with E-state index in [9.17, 15) is 4.79 Å². The summed E-state index contributed by atoms with van der Waals surface area (Å²) in [5.74, 6) is 0.483. The van der Waals surface area contributed by atoms with Crippen LogP contribution in [-0.4, -0.2) is 36.7 Å². The third-order valence-corrected chi connectivity index (χ3v) is 4.51. The Balaban J connectivity index is 1.63. The van der Waals surface area contributed by atoms with E-state index in [1.807, 2.05) is 24.3 Å². The second-order valence-electron chi connectivity index (χ2n) is 5.48. The fourth-order valence-corrected chi connectivity index (χ4v) is 3.15. The number of carbonyl (C=O) groups excluding carboxylic acids is 1. The van der Waals surface area contributed by atoms with Crippen molar-refractivity contribution in [2.24, 2.45) is 5.92 Å². The average molecular weight is 295 g/mol. The highest BCUT2D eigenvalue weighted by molar-refractivity contribution is 6.31. The van der Waals surface area contributed by atoms with E-state index in [4.69, 9.17) is 16.3 Å². The molecule has 1 aromatic carbocycles. The topological polar surface area (TPSA) is 41.6 Å². The third-order valence-electron chi connectivity index (χ3n) is 4.14. The average Bonchev–Trinajstić information content (AvgIpc) is 2.84. The zero-order valence-corrected chi connectivity index (χ0v) is 12.1. The van der Waals surface area contributed by atoms with Crippen molar-refractivity contribution in [1.82, 2.24) is 10.2 Å². The van der Waals surface area contributed by atoms with E-state index in [-0.39, 0.29) is 12.2 Å². The van der Waals surface area contributed by atoms with Crippen LogP contribution in [0.5, 0.6) is 0 Å². The van der Waals surface area contributed by atoms with Gasteiger partial charge in [-0.2, -0.15) is 0 Å². The van der Waals surface area contributed by atoms with Crippen molar-refractivity contribution in [3.8, 4) is 0 Å². The van der Waals surface area contributed by atoms with Crippen molar-refractivity contribution < 1.29 is 9.53 Å². The molecule has 1 amide bonds. The monoisotopic (exact) mass is 294 g/mol. The van der Waals surface area contributed by atoms with Crippen LogP contribution in [0.15, 0.2) is 24.3 Å². The number of piperidine rings is 1. The van der Waals surface area contributed by atoms with Crippen LogP contribution in [-0.2, 0) is 11.3 Å². The molecule has 4 nitrogen and oxygen atoms in total. The highest BCUT2D eigenvalue weighted by Gasteiger charge is 2.36. The van der Waals surface area contributed by atoms with Crippen molar-refractivity contribution in [2.45, 2.75) is 25.5 Å². The molecule has 0 spiro atoms. The summed E-state index contributed by atoms with van der Waals surface area (Å²) in [6, 6.07) is 7.63. The molecule has 108 valence electrons. The van der Waals surface area contributed by atoms with E-state index in [1.54, 1.807) is 4.90 Å². The predicted molar refractivity (Wildman–Crippen MR) is 77.7 cm³/mol. The highest BCUT2D eigenvalue weighted by atomic mass is 35.5. The van der Waals surface area contributed by atoms with Crippen LogP contribution < -0.4 is 5.32 Å². The first kappa shape index (κ1) is 13.7. The van der Waals surface area contributed by atoms with Gasteiger partial charge in [-0.25, -0.2) is 4.79 Å². The quantitative estimate of drug-likeness (QED) is 0.932. The molecular formula is C15H19ClN2O2. The smallest absolute Gasteiger partial charge is 0.410 e. The zero-order chi connectivity index (χ0) is 13.9. The van der Waals surface area contributed by atoms with Gasteiger partial charge >= 0.3 is 6.09 Å². The van der Waals surface area contributed by atoms with Crippen LogP contribution in [0.25, 0.3) is 0 Å². The molecule has 1 unspecified atom stereocenters. The van der Waals surface area contributed by atoms with Crippen molar-refractivity contribution in [2.75, 3.05) is 19.6 Å². The summed E-state index contributed by atoms with van der Waals surface area (Å²) < 4.78 is 5.54. The maximum absolute atomic E-state index is 12.0. The molecule has 1 N–H and O–H groups in total. The summed E-state index contributed by atoms with van der Waals surface area (Å²) in [6.07, 6.45) is 1.98. The normalized spacial score (nSPS) is 23.9. The molecule has 2 aliphatic rings. The van der Waals surface area contributed by atoms with E-state index < -0.39 is 0 Å². The van der Waals surface area contributed by atoms with Gasteiger partial charge in [-0.3, -0.25) is 0 Å². The minimum absolute atomic E-state index is 0.0343. The lowest BCUT2D eigenvalue weighted by Crippen LogP contribution is -2.36. The minimum atomic E-state index is -0.214. The lowest BCUT2D eigenvalue weighted by atomic mass is 9.92.